The van der Waals surface area contributed by atoms with E-state index in [0.29, 0.717) is 11.4 Å². The summed E-state index contributed by atoms with van der Waals surface area (Å²) in [7, 11) is -2.49. The van der Waals surface area contributed by atoms with Gasteiger partial charge in [0, 0.05) is 6.07 Å². The number of halogens is 1. The molecule has 0 amide bonds. The summed E-state index contributed by atoms with van der Waals surface area (Å²) in [6.45, 7) is 3.18. The van der Waals surface area contributed by atoms with Crippen LogP contribution in [0.2, 0.25) is 0 Å². The van der Waals surface area contributed by atoms with Gasteiger partial charge < -0.3 is 4.74 Å². The summed E-state index contributed by atoms with van der Waals surface area (Å²) < 4.78 is 45.1. The van der Waals surface area contributed by atoms with Gasteiger partial charge in [0.2, 0.25) is 0 Å². The molecular weight excluding hydrogens is 285 g/mol. The molecule has 2 aromatic rings. The van der Waals surface area contributed by atoms with Gasteiger partial charge >= 0.3 is 0 Å². The lowest BCUT2D eigenvalue weighted by atomic mass is 10.3. The fourth-order valence-corrected chi connectivity index (χ4v) is 3.30. The third kappa shape index (κ3) is 2.60. The summed E-state index contributed by atoms with van der Waals surface area (Å²) in [5.74, 6) is -0.600. The Labute approximate surface area is 116 Å². The molecule has 108 valence electrons. The third-order valence-corrected chi connectivity index (χ3v) is 4.38. The molecule has 0 atom stereocenters. The number of sulfonamides is 1. The van der Waals surface area contributed by atoms with Gasteiger partial charge in [0.1, 0.15) is 4.90 Å². The first-order chi connectivity index (χ1) is 9.35. The van der Waals surface area contributed by atoms with E-state index in [1.807, 2.05) is 0 Å². The van der Waals surface area contributed by atoms with E-state index in [2.05, 4.69) is 14.9 Å². The molecule has 20 heavy (non-hydrogen) atoms. The molecule has 8 heteroatoms. The van der Waals surface area contributed by atoms with E-state index >= 15 is 0 Å². The van der Waals surface area contributed by atoms with E-state index in [9.17, 15) is 12.8 Å². The number of aromatic nitrogens is 2. The maximum Gasteiger partial charge on any atom is 0.265 e. The number of hydrogen-bond acceptors (Lipinski definition) is 4. The van der Waals surface area contributed by atoms with E-state index < -0.39 is 15.8 Å². The van der Waals surface area contributed by atoms with Crippen molar-refractivity contribution in [1.29, 1.82) is 0 Å². The normalized spacial score (nSPS) is 11.4. The van der Waals surface area contributed by atoms with Crippen LogP contribution >= 0.6 is 0 Å². The standard InChI is InChI=1S/C12H14FN3O3S/c1-7-12(8(2)15-14-7)20(17,18)16-9-4-5-11(19-3)10(13)6-9/h4-6,16H,1-3H3,(H,14,15). The van der Waals surface area contributed by atoms with Crippen molar-refractivity contribution in [3.05, 3.63) is 35.4 Å². The Bertz CT molecular complexity index is 721. The molecule has 1 aromatic carbocycles. The van der Waals surface area contributed by atoms with Crippen molar-refractivity contribution in [3.8, 4) is 5.75 Å². The quantitative estimate of drug-likeness (QED) is 0.904. The number of hydrogen-bond donors (Lipinski definition) is 2. The molecule has 0 saturated carbocycles. The first kappa shape index (κ1) is 14.3. The number of rotatable bonds is 4. The van der Waals surface area contributed by atoms with Crippen LogP contribution in [0.5, 0.6) is 5.75 Å². The predicted octanol–water partition coefficient (Wildman–Crippen LogP) is 1.98. The van der Waals surface area contributed by atoms with Crippen LogP contribution in [0.3, 0.4) is 0 Å². The summed E-state index contributed by atoms with van der Waals surface area (Å²) in [6, 6.07) is 3.83. The first-order valence-corrected chi connectivity index (χ1v) is 7.21. The second kappa shape index (κ2) is 5.12. The Hall–Kier alpha value is -2.09. The first-order valence-electron chi connectivity index (χ1n) is 5.73. The minimum atomic E-state index is -3.82. The van der Waals surface area contributed by atoms with Gasteiger partial charge in [-0.1, -0.05) is 0 Å². The lowest BCUT2D eigenvalue weighted by molar-refractivity contribution is 0.386. The van der Waals surface area contributed by atoms with Gasteiger partial charge in [-0.25, -0.2) is 12.8 Å². The van der Waals surface area contributed by atoms with Gasteiger partial charge in [-0.2, -0.15) is 5.10 Å². The zero-order chi connectivity index (χ0) is 14.9. The predicted molar refractivity (Wildman–Crippen MR) is 71.8 cm³/mol. The number of anilines is 1. The van der Waals surface area contributed by atoms with Gasteiger partial charge in [-0.15, -0.1) is 0 Å². The summed E-state index contributed by atoms with van der Waals surface area (Å²) in [4.78, 5) is 0.0636. The molecule has 0 saturated heterocycles. The second-order valence-electron chi connectivity index (χ2n) is 4.22. The van der Waals surface area contributed by atoms with Crippen molar-refractivity contribution in [2.45, 2.75) is 18.7 Å². The molecule has 0 aliphatic rings. The van der Waals surface area contributed by atoms with Crippen LogP contribution in [-0.2, 0) is 10.0 Å². The number of H-pyrrole nitrogens is 1. The summed E-state index contributed by atoms with van der Waals surface area (Å²) in [6.07, 6.45) is 0. The van der Waals surface area contributed by atoms with E-state index in [1.54, 1.807) is 13.8 Å². The highest BCUT2D eigenvalue weighted by Crippen LogP contribution is 2.24. The van der Waals surface area contributed by atoms with Crippen LogP contribution in [0.1, 0.15) is 11.4 Å². The number of ether oxygens (including phenoxy) is 1. The van der Waals surface area contributed by atoms with E-state index in [1.165, 1.54) is 19.2 Å². The highest BCUT2D eigenvalue weighted by molar-refractivity contribution is 7.92. The molecule has 1 aromatic heterocycles. The largest absolute Gasteiger partial charge is 0.494 e. The molecule has 0 fully saturated rings. The summed E-state index contributed by atoms with van der Waals surface area (Å²) in [5.41, 5.74) is 0.885. The lowest BCUT2D eigenvalue weighted by Crippen LogP contribution is -2.14. The van der Waals surface area contributed by atoms with Gasteiger partial charge in [-0.05, 0) is 26.0 Å². The highest BCUT2D eigenvalue weighted by Gasteiger charge is 2.22. The molecule has 2 rings (SSSR count). The molecule has 1 heterocycles. The molecular formula is C12H14FN3O3S. The Morgan fingerprint density at radius 3 is 2.55 bits per heavy atom. The van der Waals surface area contributed by atoms with Crippen LogP contribution in [0, 0.1) is 19.7 Å². The maximum absolute atomic E-state index is 13.5. The molecule has 0 aliphatic heterocycles. The van der Waals surface area contributed by atoms with E-state index in [0.717, 1.165) is 6.07 Å². The molecule has 0 unspecified atom stereocenters. The average molecular weight is 299 g/mol. The Balaban J connectivity index is 2.36. The van der Waals surface area contributed by atoms with Gasteiger partial charge in [-0.3, -0.25) is 9.82 Å². The van der Waals surface area contributed by atoms with Crippen molar-refractivity contribution in [2.24, 2.45) is 0 Å². The molecule has 0 spiro atoms. The minimum absolute atomic E-state index is 0.0450. The number of nitrogens with zero attached hydrogens (tertiary/aromatic N) is 1. The van der Waals surface area contributed by atoms with Gasteiger partial charge in [0.05, 0.1) is 24.2 Å². The fourth-order valence-electron chi connectivity index (χ4n) is 1.87. The number of methoxy groups -OCH3 is 1. The molecule has 0 radical (unpaired) electrons. The number of nitrogens with one attached hydrogen (secondary N) is 2. The molecule has 2 N–H and O–H groups in total. The van der Waals surface area contributed by atoms with E-state index in [4.69, 9.17) is 4.74 Å². The van der Waals surface area contributed by atoms with Gasteiger partial charge in [0.15, 0.2) is 11.6 Å². The van der Waals surface area contributed by atoms with Crippen LogP contribution < -0.4 is 9.46 Å². The Kier molecular flexibility index (Phi) is 3.67. The monoisotopic (exact) mass is 299 g/mol. The lowest BCUT2D eigenvalue weighted by Gasteiger charge is -2.09. The maximum atomic E-state index is 13.5. The number of aryl methyl sites for hydroxylation is 2. The van der Waals surface area contributed by atoms with Crippen molar-refractivity contribution >= 4 is 15.7 Å². The van der Waals surface area contributed by atoms with Crippen molar-refractivity contribution in [2.75, 3.05) is 11.8 Å². The average Bonchev–Trinajstić information content (AvgIpc) is 2.69. The van der Waals surface area contributed by atoms with E-state index in [-0.39, 0.29) is 16.3 Å². The zero-order valence-corrected chi connectivity index (χ0v) is 12.0. The number of aromatic amines is 1. The topological polar surface area (TPSA) is 84.1 Å². The molecule has 0 bridgehead atoms. The Morgan fingerprint density at radius 1 is 1.35 bits per heavy atom. The minimum Gasteiger partial charge on any atom is -0.494 e. The Morgan fingerprint density at radius 2 is 2.05 bits per heavy atom. The highest BCUT2D eigenvalue weighted by atomic mass is 32.2. The van der Waals surface area contributed by atoms with Crippen LogP contribution in [-0.4, -0.2) is 25.7 Å². The second-order valence-corrected chi connectivity index (χ2v) is 5.84. The fraction of sp³-hybridized carbons (Fsp3) is 0.250. The zero-order valence-electron chi connectivity index (χ0n) is 11.2. The SMILES string of the molecule is COc1ccc(NS(=O)(=O)c2c(C)n[nH]c2C)cc1F. The van der Waals surface area contributed by atoms with Crippen molar-refractivity contribution < 1.29 is 17.5 Å². The number of benzene rings is 1. The molecule has 6 nitrogen and oxygen atoms in total. The van der Waals surface area contributed by atoms with Crippen molar-refractivity contribution in [1.82, 2.24) is 10.2 Å². The molecule has 0 aliphatic carbocycles. The smallest absolute Gasteiger partial charge is 0.265 e. The van der Waals surface area contributed by atoms with Gasteiger partial charge in [0.25, 0.3) is 10.0 Å². The third-order valence-electron chi connectivity index (χ3n) is 2.73. The van der Waals surface area contributed by atoms with Crippen LogP contribution in [0.25, 0.3) is 0 Å². The summed E-state index contributed by atoms with van der Waals surface area (Å²) in [5, 5.41) is 6.43. The van der Waals surface area contributed by atoms with Crippen molar-refractivity contribution in [3.63, 3.8) is 0 Å². The summed E-state index contributed by atoms with van der Waals surface area (Å²) >= 11 is 0. The van der Waals surface area contributed by atoms with Crippen LogP contribution in [0.15, 0.2) is 23.1 Å². The van der Waals surface area contributed by atoms with Crippen LogP contribution in [0.4, 0.5) is 10.1 Å².